The van der Waals surface area contributed by atoms with Crippen molar-refractivity contribution in [3.05, 3.63) is 46.8 Å². The molecule has 0 spiro atoms. The minimum Gasteiger partial charge on any atom is -0.349 e. The Kier molecular flexibility index (Phi) is 5.74. The van der Waals surface area contributed by atoms with E-state index in [1.807, 2.05) is 0 Å². The Hall–Kier alpha value is -1.88. The first-order valence-corrected chi connectivity index (χ1v) is 9.61. The van der Waals surface area contributed by atoms with Crippen molar-refractivity contribution >= 4 is 23.0 Å². The summed E-state index contributed by atoms with van der Waals surface area (Å²) in [5.41, 5.74) is 5.79. The highest BCUT2D eigenvalue weighted by molar-refractivity contribution is 7.80. The van der Waals surface area contributed by atoms with Gasteiger partial charge in [-0.3, -0.25) is 4.68 Å². The van der Waals surface area contributed by atoms with Crippen LogP contribution in [0.2, 0.25) is 0 Å². The molecule has 2 heterocycles. The largest absolute Gasteiger partial charge is 0.349 e. The molecule has 1 aliphatic heterocycles. The van der Waals surface area contributed by atoms with Crippen LogP contribution in [0.25, 0.3) is 0 Å². The number of hydrogen-bond acceptors (Lipinski definition) is 2. The summed E-state index contributed by atoms with van der Waals surface area (Å²) >= 11 is 5.67. The molecule has 0 saturated carbocycles. The van der Waals surface area contributed by atoms with Crippen LogP contribution in [-0.4, -0.2) is 32.9 Å². The summed E-state index contributed by atoms with van der Waals surface area (Å²) in [7, 11) is 0. The quantitative estimate of drug-likeness (QED) is 0.825. The lowest BCUT2D eigenvalue weighted by molar-refractivity contribution is 0.441. The summed E-state index contributed by atoms with van der Waals surface area (Å²) in [6.07, 6.45) is 5.08. The summed E-state index contributed by atoms with van der Waals surface area (Å²) < 4.78 is 2.07. The third kappa shape index (κ3) is 4.21. The average Bonchev–Trinajstić information content (AvgIpc) is 2.80. The number of hydrogen-bond donors (Lipinski definition) is 1. The zero-order valence-electron chi connectivity index (χ0n) is 15.5. The first-order chi connectivity index (χ1) is 12.1. The van der Waals surface area contributed by atoms with Crippen LogP contribution in [-0.2, 0) is 6.54 Å². The van der Waals surface area contributed by atoms with E-state index in [1.165, 1.54) is 36.8 Å². The van der Waals surface area contributed by atoms with Gasteiger partial charge in [-0.1, -0.05) is 37.1 Å². The molecule has 0 amide bonds. The van der Waals surface area contributed by atoms with Gasteiger partial charge in [-0.05, 0) is 57.0 Å². The molecule has 1 aromatic carbocycles. The molecule has 1 aliphatic rings. The third-order valence-electron chi connectivity index (χ3n) is 5.09. The van der Waals surface area contributed by atoms with Crippen molar-refractivity contribution in [1.29, 1.82) is 0 Å². The molecule has 134 valence electrons. The van der Waals surface area contributed by atoms with Gasteiger partial charge in [-0.25, -0.2) is 0 Å². The molecule has 0 bridgehead atoms. The van der Waals surface area contributed by atoms with Crippen LogP contribution in [0.15, 0.2) is 24.3 Å². The van der Waals surface area contributed by atoms with Crippen molar-refractivity contribution in [2.75, 3.05) is 18.4 Å². The van der Waals surface area contributed by atoms with Crippen molar-refractivity contribution < 1.29 is 0 Å². The second kappa shape index (κ2) is 8.00. The van der Waals surface area contributed by atoms with E-state index in [2.05, 4.69) is 59.9 Å². The van der Waals surface area contributed by atoms with Gasteiger partial charge in [0, 0.05) is 13.1 Å². The van der Waals surface area contributed by atoms with E-state index in [-0.39, 0.29) is 0 Å². The van der Waals surface area contributed by atoms with Crippen molar-refractivity contribution in [3.63, 3.8) is 0 Å². The highest BCUT2D eigenvalue weighted by Crippen LogP contribution is 2.22. The minimum atomic E-state index is 0.789. The molecule has 1 N–H and O–H groups in total. The smallest absolute Gasteiger partial charge is 0.173 e. The number of aromatic nitrogens is 2. The standard InChI is InChI=1S/C20H28N4S/c1-15-10-6-7-11-18(15)14-24-17(3)19(16(2)22-24)21-20(25)23-12-8-4-5-9-13-23/h6-7,10-11H,4-5,8-9,12-14H2,1-3H3,(H,21,25). The van der Waals surface area contributed by atoms with E-state index in [1.54, 1.807) is 0 Å². The van der Waals surface area contributed by atoms with Gasteiger partial charge >= 0.3 is 0 Å². The molecule has 1 saturated heterocycles. The summed E-state index contributed by atoms with van der Waals surface area (Å²) in [6, 6.07) is 8.48. The molecule has 0 unspecified atom stereocenters. The van der Waals surface area contributed by atoms with Gasteiger partial charge in [0.25, 0.3) is 0 Å². The summed E-state index contributed by atoms with van der Waals surface area (Å²) in [5.74, 6) is 0. The van der Waals surface area contributed by atoms with Crippen LogP contribution in [0.1, 0.15) is 48.2 Å². The predicted molar refractivity (Wildman–Crippen MR) is 108 cm³/mol. The zero-order chi connectivity index (χ0) is 17.8. The van der Waals surface area contributed by atoms with Gasteiger partial charge in [-0.2, -0.15) is 5.10 Å². The third-order valence-corrected chi connectivity index (χ3v) is 5.45. The fraction of sp³-hybridized carbons (Fsp3) is 0.500. The molecular weight excluding hydrogens is 328 g/mol. The normalized spacial score (nSPS) is 15.1. The van der Waals surface area contributed by atoms with Crippen LogP contribution in [0.3, 0.4) is 0 Å². The molecule has 5 heteroatoms. The number of likely N-dealkylation sites (tertiary alicyclic amines) is 1. The fourth-order valence-electron chi connectivity index (χ4n) is 3.44. The Labute approximate surface area is 156 Å². The molecule has 0 radical (unpaired) electrons. The maximum Gasteiger partial charge on any atom is 0.173 e. The maximum atomic E-state index is 5.67. The Bertz CT molecular complexity index is 742. The first kappa shape index (κ1) is 17.9. The number of thiocarbonyl (C=S) groups is 1. The van der Waals surface area contributed by atoms with Crippen molar-refractivity contribution in [3.8, 4) is 0 Å². The molecule has 4 nitrogen and oxygen atoms in total. The monoisotopic (exact) mass is 356 g/mol. The molecule has 0 atom stereocenters. The molecular formula is C20H28N4S. The molecule has 1 fully saturated rings. The lowest BCUT2D eigenvalue weighted by Crippen LogP contribution is -2.35. The van der Waals surface area contributed by atoms with E-state index in [0.717, 1.165) is 41.8 Å². The average molecular weight is 357 g/mol. The van der Waals surface area contributed by atoms with Crippen molar-refractivity contribution in [1.82, 2.24) is 14.7 Å². The second-order valence-electron chi connectivity index (χ2n) is 6.96. The number of benzene rings is 1. The van der Waals surface area contributed by atoms with E-state index < -0.39 is 0 Å². The van der Waals surface area contributed by atoms with Gasteiger partial charge in [0.2, 0.25) is 0 Å². The van der Waals surface area contributed by atoms with Crippen molar-refractivity contribution in [2.45, 2.75) is 53.0 Å². The SMILES string of the molecule is Cc1ccccc1Cn1nc(C)c(NC(=S)N2CCCCCC2)c1C. The molecule has 1 aromatic heterocycles. The lowest BCUT2D eigenvalue weighted by Gasteiger charge is -2.24. The zero-order valence-corrected chi connectivity index (χ0v) is 16.3. The first-order valence-electron chi connectivity index (χ1n) is 9.20. The van der Waals surface area contributed by atoms with E-state index >= 15 is 0 Å². The fourth-order valence-corrected chi connectivity index (χ4v) is 3.73. The lowest BCUT2D eigenvalue weighted by atomic mass is 10.1. The van der Waals surface area contributed by atoms with Crippen LogP contribution >= 0.6 is 12.2 Å². The number of aryl methyl sites for hydroxylation is 2. The van der Waals surface area contributed by atoms with Gasteiger partial charge in [0.05, 0.1) is 23.6 Å². The Morgan fingerprint density at radius 1 is 1.08 bits per heavy atom. The van der Waals surface area contributed by atoms with Gasteiger partial charge in [0.15, 0.2) is 5.11 Å². The number of nitrogens with zero attached hydrogens (tertiary/aromatic N) is 3. The summed E-state index contributed by atoms with van der Waals surface area (Å²) in [4.78, 5) is 2.31. The number of nitrogens with one attached hydrogen (secondary N) is 1. The van der Waals surface area contributed by atoms with Gasteiger partial charge in [0.1, 0.15) is 0 Å². The highest BCUT2D eigenvalue weighted by Gasteiger charge is 2.17. The predicted octanol–water partition coefficient (Wildman–Crippen LogP) is 4.43. The van der Waals surface area contributed by atoms with Gasteiger partial charge in [-0.15, -0.1) is 0 Å². The van der Waals surface area contributed by atoms with Gasteiger partial charge < -0.3 is 10.2 Å². The van der Waals surface area contributed by atoms with E-state index in [9.17, 15) is 0 Å². The van der Waals surface area contributed by atoms with Crippen LogP contribution in [0.4, 0.5) is 5.69 Å². The topological polar surface area (TPSA) is 33.1 Å². The Balaban J connectivity index is 1.75. The van der Waals surface area contributed by atoms with E-state index in [4.69, 9.17) is 17.3 Å². The maximum absolute atomic E-state index is 5.67. The Morgan fingerprint density at radius 2 is 1.76 bits per heavy atom. The molecule has 2 aromatic rings. The summed E-state index contributed by atoms with van der Waals surface area (Å²) in [6.45, 7) is 9.22. The number of rotatable bonds is 3. The van der Waals surface area contributed by atoms with Crippen LogP contribution < -0.4 is 5.32 Å². The highest BCUT2D eigenvalue weighted by atomic mass is 32.1. The molecule has 25 heavy (non-hydrogen) atoms. The molecule has 3 rings (SSSR count). The summed E-state index contributed by atoms with van der Waals surface area (Å²) in [5, 5.41) is 9.05. The second-order valence-corrected chi connectivity index (χ2v) is 7.35. The van der Waals surface area contributed by atoms with Crippen LogP contribution in [0, 0.1) is 20.8 Å². The minimum absolute atomic E-state index is 0.789. The van der Waals surface area contributed by atoms with Crippen molar-refractivity contribution in [2.24, 2.45) is 0 Å². The Morgan fingerprint density at radius 3 is 2.44 bits per heavy atom. The molecule has 0 aliphatic carbocycles. The van der Waals surface area contributed by atoms with E-state index in [0.29, 0.717) is 0 Å². The van der Waals surface area contributed by atoms with Crippen LogP contribution in [0.5, 0.6) is 0 Å². The number of anilines is 1.